The third-order valence-corrected chi connectivity index (χ3v) is 0.590. The molecule has 0 aliphatic rings. The average molecular weight is 100 g/mol. The SMILES string of the molecule is Nc1o[c]cc1F. The standard InChI is InChI=1S/C4H3FNO/c5-3-1-2-7-4(3)6/h1H,6H2. The minimum absolute atomic E-state index is 0.208. The van der Waals surface area contributed by atoms with Crippen molar-refractivity contribution in [3.63, 3.8) is 0 Å². The van der Waals surface area contributed by atoms with Gasteiger partial charge in [0.1, 0.15) is 0 Å². The van der Waals surface area contributed by atoms with E-state index in [1.54, 1.807) is 0 Å². The van der Waals surface area contributed by atoms with E-state index in [2.05, 4.69) is 10.7 Å². The van der Waals surface area contributed by atoms with E-state index in [0.717, 1.165) is 6.07 Å². The fraction of sp³-hybridized carbons (Fsp3) is 0. The Morgan fingerprint density at radius 3 is 2.71 bits per heavy atom. The number of hydrogen-bond acceptors (Lipinski definition) is 2. The highest BCUT2D eigenvalue weighted by Crippen LogP contribution is 2.06. The molecule has 3 heteroatoms. The molecule has 0 fully saturated rings. The Morgan fingerprint density at radius 2 is 2.57 bits per heavy atom. The smallest absolute Gasteiger partial charge is 0.227 e. The van der Waals surface area contributed by atoms with Crippen molar-refractivity contribution < 1.29 is 8.81 Å². The first-order valence-corrected chi connectivity index (χ1v) is 1.71. The maximum Gasteiger partial charge on any atom is 0.227 e. The van der Waals surface area contributed by atoms with Crippen molar-refractivity contribution in [2.24, 2.45) is 0 Å². The van der Waals surface area contributed by atoms with Crippen LogP contribution in [0, 0.1) is 12.1 Å². The Kier molecular flexibility index (Phi) is 0.749. The van der Waals surface area contributed by atoms with Crippen molar-refractivity contribution in [2.75, 3.05) is 5.73 Å². The van der Waals surface area contributed by atoms with Crippen LogP contribution in [0.3, 0.4) is 0 Å². The first-order valence-electron chi connectivity index (χ1n) is 1.71. The zero-order valence-electron chi connectivity index (χ0n) is 3.44. The highest BCUT2D eigenvalue weighted by atomic mass is 19.1. The normalized spacial score (nSPS) is 9.29. The molecular formula is C4H3FNO. The predicted octanol–water partition coefficient (Wildman–Crippen LogP) is 0.801. The van der Waals surface area contributed by atoms with Crippen LogP contribution in [-0.4, -0.2) is 0 Å². The molecular weight excluding hydrogens is 97.0 g/mol. The molecule has 1 aromatic rings. The van der Waals surface area contributed by atoms with E-state index < -0.39 is 5.82 Å². The molecule has 0 aliphatic carbocycles. The highest BCUT2D eigenvalue weighted by Gasteiger charge is 1.96. The fourth-order valence-corrected chi connectivity index (χ4v) is 0.265. The fourth-order valence-electron chi connectivity index (χ4n) is 0.265. The van der Waals surface area contributed by atoms with Crippen molar-refractivity contribution in [3.05, 3.63) is 18.1 Å². The molecule has 0 aromatic carbocycles. The lowest BCUT2D eigenvalue weighted by Crippen LogP contribution is -1.81. The van der Waals surface area contributed by atoms with Gasteiger partial charge in [-0.1, -0.05) is 0 Å². The number of furan rings is 1. The van der Waals surface area contributed by atoms with Crippen LogP contribution in [0.5, 0.6) is 0 Å². The van der Waals surface area contributed by atoms with Crippen molar-refractivity contribution in [1.29, 1.82) is 0 Å². The van der Waals surface area contributed by atoms with Gasteiger partial charge in [0.05, 0.1) is 0 Å². The van der Waals surface area contributed by atoms with E-state index in [-0.39, 0.29) is 5.88 Å². The summed E-state index contributed by atoms with van der Waals surface area (Å²) in [6.45, 7) is 0. The van der Waals surface area contributed by atoms with Gasteiger partial charge < -0.3 is 10.2 Å². The maximum atomic E-state index is 11.8. The van der Waals surface area contributed by atoms with Gasteiger partial charge >= 0.3 is 0 Å². The van der Waals surface area contributed by atoms with Crippen LogP contribution in [0.4, 0.5) is 10.3 Å². The Hall–Kier alpha value is -0.990. The molecule has 1 rings (SSSR count). The lowest BCUT2D eigenvalue weighted by atomic mass is 10.6. The van der Waals surface area contributed by atoms with Crippen molar-refractivity contribution >= 4 is 5.88 Å². The molecule has 0 spiro atoms. The van der Waals surface area contributed by atoms with E-state index in [0.29, 0.717) is 0 Å². The molecule has 1 radical (unpaired) electrons. The van der Waals surface area contributed by atoms with Crippen LogP contribution in [0.25, 0.3) is 0 Å². The first kappa shape index (κ1) is 4.18. The van der Waals surface area contributed by atoms with Crippen LogP contribution in [-0.2, 0) is 0 Å². The summed E-state index contributed by atoms with van der Waals surface area (Å²) in [6.07, 6.45) is 2.12. The molecule has 37 valence electrons. The van der Waals surface area contributed by atoms with Gasteiger partial charge in [-0.15, -0.1) is 0 Å². The van der Waals surface area contributed by atoms with Crippen LogP contribution < -0.4 is 5.73 Å². The lowest BCUT2D eigenvalue weighted by molar-refractivity contribution is 0.549. The van der Waals surface area contributed by atoms with Gasteiger partial charge in [0.25, 0.3) is 0 Å². The zero-order chi connectivity index (χ0) is 5.28. The molecule has 0 atom stereocenters. The summed E-state index contributed by atoms with van der Waals surface area (Å²) < 4.78 is 16.1. The second kappa shape index (κ2) is 1.26. The van der Waals surface area contributed by atoms with E-state index in [4.69, 9.17) is 5.73 Å². The number of rotatable bonds is 0. The Morgan fingerprint density at radius 1 is 1.86 bits per heavy atom. The molecule has 1 heterocycles. The minimum atomic E-state index is -0.556. The third-order valence-electron chi connectivity index (χ3n) is 0.590. The Labute approximate surface area is 39.7 Å². The summed E-state index contributed by atoms with van der Waals surface area (Å²) >= 11 is 0. The van der Waals surface area contributed by atoms with Gasteiger partial charge in [0.15, 0.2) is 12.1 Å². The van der Waals surface area contributed by atoms with Crippen LogP contribution in [0.15, 0.2) is 10.5 Å². The summed E-state index contributed by atoms with van der Waals surface area (Å²) in [5.41, 5.74) is 4.87. The molecule has 1 aromatic heterocycles. The monoisotopic (exact) mass is 100 g/mol. The zero-order valence-corrected chi connectivity index (χ0v) is 3.44. The van der Waals surface area contributed by atoms with Gasteiger partial charge in [-0.2, -0.15) is 0 Å². The van der Waals surface area contributed by atoms with E-state index in [1.165, 1.54) is 0 Å². The van der Waals surface area contributed by atoms with Gasteiger partial charge in [0, 0.05) is 6.07 Å². The minimum Gasteiger partial charge on any atom is -0.434 e. The number of anilines is 1. The van der Waals surface area contributed by atoms with Gasteiger partial charge in [-0.3, -0.25) is 0 Å². The first-order chi connectivity index (χ1) is 3.30. The lowest BCUT2D eigenvalue weighted by Gasteiger charge is -1.75. The molecule has 0 bridgehead atoms. The summed E-state index contributed by atoms with van der Waals surface area (Å²) in [5, 5.41) is 0. The Bertz CT molecular complexity index is 144. The summed E-state index contributed by atoms with van der Waals surface area (Å²) in [4.78, 5) is 0. The van der Waals surface area contributed by atoms with E-state index in [9.17, 15) is 4.39 Å². The third kappa shape index (κ3) is 0.559. The number of nitrogens with two attached hydrogens (primary N) is 1. The average Bonchev–Trinajstić information content (AvgIpc) is 1.91. The quantitative estimate of drug-likeness (QED) is 0.523. The topological polar surface area (TPSA) is 39.2 Å². The molecule has 0 saturated carbocycles. The van der Waals surface area contributed by atoms with Crippen LogP contribution >= 0.6 is 0 Å². The molecule has 0 unspecified atom stereocenters. The van der Waals surface area contributed by atoms with Crippen LogP contribution in [0.2, 0.25) is 0 Å². The molecule has 2 nitrogen and oxygen atoms in total. The second-order valence-electron chi connectivity index (χ2n) is 1.08. The van der Waals surface area contributed by atoms with Gasteiger partial charge in [-0.05, 0) is 0 Å². The van der Waals surface area contributed by atoms with Gasteiger partial charge in [-0.25, -0.2) is 4.39 Å². The van der Waals surface area contributed by atoms with E-state index in [1.807, 2.05) is 0 Å². The predicted molar refractivity (Wildman–Crippen MR) is 21.9 cm³/mol. The molecule has 7 heavy (non-hydrogen) atoms. The van der Waals surface area contributed by atoms with Crippen molar-refractivity contribution in [2.45, 2.75) is 0 Å². The summed E-state index contributed by atoms with van der Waals surface area (Å²) in [7, 11) is 0. The molecule has 0 saturated heterocycles. The van der Waals surface area contributed by atoms with Crippen LogP contribution in [0.1, 0.15) is 0 Å². The molecule has 0 aliphatic heterocycles. The molecule has 2 N–H and O–H groups in total. The molecule has 0 amide bonds. The Balaban J connectivity index is 3.12. The van der Waals surface area contributed by atoms with Crippen molar-refractivity contribution in [3.8, 4) is 0 Å². The van der Waals surface area contributed by atoms with Gasteiger partial charge in [0.2, 0.25) is 5.88 Å². The summed E-state index contributed by atoms with van der Waals surface area (Å²) in [5.74, 6) is -0.764. The highest BCUT2D eigenvalue weighted by molar-refractivity contribution is 5.23. The van der Waals surface area contributed by atoms with E-state index >= 15 is 0 Å². The number of nitrogen functional groups attached to an aromatic ring is 1. The van der Waals surface area contributed by atoms with Crippen molar-refractivity contribution in [1.82, 2.24) is 0 Å². The number of halogens is 1. The largest absolute Gasteiger partial charge is 0.434 e. The second-order valence-corrected chi connectivity index (χ2v) is 1.08. The number of hydrogen-bond donors (Lipinski definition) is 1. The maximum absolute atomic E-state index is 11.8. The summed E-state index contributed by atoms with van der Waals surface area (Å²) in [6, 6.07) is 1.04.